The lowest BCUT2D eigenvalue weighted by molar-refractivity contribution is -0.147. The van der Waals surface area contributed by atoms with Gasteiger partial charge in [0.15, 0.2) is 11.5 Å². The first-order valence-electron chi connectivity index (χ1n) is 11.4. The molecule has 0 bridgehead atoms. The number of hydrogen-bond acceptors (Lipinski definition) is 5. The zero-order valence-electron chi connectivity index (χ0n) is 20.1. The van der Waals surface area contributed by atoms with Crippen LogP contribution in [0.25, 0.3) is 0 Å². The van der Waals surface area contributed by atoms with Crippen LogP contribution < -0.4 is 0 Å². The standard InChI is InChI=1S/C24H25Cl2F3N4O4/c1-13(2)7-8-32(12-19(34)20-17(25)10-30-11-18(20)26)22(35)16-9-31-33(21(16)24(27,28)29)15-5-3-14(4-6-15)23(36)37/h7,9-11,14-15H,3-6,8,12H2,1-2H3,(H,36,37)/t14-,15-. The third-order valence-electron chi connectivity index (χ3n) is 6.16. The number of carbonyl (C=O) groups excluding carboxylic acids is 2. The van der Waals surface area contributed by atoms with Gasteiger partial charge in [0.2, 0.25) is 0 Å². The van der Waals surface area contributed by atoms with Crippen LogP contribution in [0.4, 0.5) is 13.2 Å². The van der Waals surface area contributed by atoms with Crippen molar-refractivity contribution in [1.82, 2.24) is 19.7 Å². The normalized spacial score (nSPS) is 17.8. The Kier molecular flexibility index (Phi) is 9.01. The molecule has 1 N–H and O–H groups in total. The van der Waals surface area contributed by atoms with E-state index in [1.165, 1.54) is 12.4 Å². The number of Topliss-reactive ketones (excluding diaryl/α,β-unsaturated/α-hetero) is 1. The van der Waals surface area contributed by atoms with Crippen molar-refractivity contribution in [3.63, 3.8) is 0 Å². The average Bonchev–Trinajstić information content (AvgIpc) is 3.27. The quantitative estimate of drug-likeness (QED) is 0.327. The summed E-state index contributed by atoms with van der Waals surface area (Å²) in [5.41, 5.74) is -1.23. The van der Waals surface area contributed by atoms with Gasteiger partial charge in [-0.3, -0.25) is 24.0 Å². The van der Waals surface area contributed by atoms with Gasteiger partial charge in [-0.25, -0.2) is 0 Å². The van der Waals surface area contributed by atoms with Gasteiger partial charge < -0.3 is 10.0 Å². The molecule has 0 unspecified atom stereocenters. The molecule has 0 spiro atoms. The highest BCUT2D eigenvalue weighted by molar-refractivity contribution is 6.39. The first-order valence-corrected chi connectivity index (χ1v) is 12.2. The highest BCUT2D eigenvalue weighted by Gasteiger charge is 2.43. The smallest absolute Gasteiger partial charge is 0.433 e. The number of aromatic nitrogens is 3. The Morgan fingerprint density at radius 3 is 2.22 bits per heavy atom. The van der Waals surface area contributed by atoms with Gasteiger partial charge in [-0.2, -0.15) is 18.3 Å². The maximum absolute atomic E-state index is 14.2. The Morgan fingerprint density at radius 2 is 1.70 bits per heavy atom. The van der Waals surface area contributed by atoms with Crippen molar-refractivity contribution in [3.8, 4) is 0 Å². The maximum Gasteiger partial charge on any atom is 0.433 e. The van der Waals surface area contributed by atoms with Crippen LogP contribution >= 0.6 is 23.2 Å². The van der Waals surface area contributed by atoms with Crippen LogP contribution in [0.3, 0.4) is 0 Å². The molecule has 1 fully saturated rings. The molecule has 1 aliphatic rings. The third kappa shape index (κ3) is 6.70. The molecule has 0 saturated heterocycles. The van der Waals surface area contributed by atoms with Crippen molar-refractivity contribution in [3.05, 3.63) is 57.1 Å². The molecule has 0 aromatic carbocycles. The molecule has 200 valence electrons. The van der Waals surface area contributed by atoms with Crippen molar-refractivity contribution >= 4 is 40.9 Å². The second-order valence-corrected chi connectivity index (χ2v) is 9.88. The summed E-state index contributed by atoms with van der Waals surface area (Å²) in [5, 5.41) is 13.0. The molecule has 0 radical (unpaired) electrons. The van der Waals surface area contributed by atoms with E-state index in [0.717, 1.165) is 21.4 Å². The molecular formula is C24H25Cl2F3N4O4. The highest BCUT2D eigenvalue weighted by atomic mass is 35.5. The van der Waals surface area contributed by atoms with Gasteiger partial charge in [0.25, 0.3) is 5.91 Å². The van der Waals surface area contributed by atoms with Crippen molar-refractivity contribution < 1.29 is 32.7 Å². The fraction of sp³-hybridized carbons (Fsp3) is 0.458. The predicted octanol–water partition coefficient (Wildman–Crippen LogP) is 5.71. The van der Waals surface area contributed by atoms with Crippen LogP contribution in [0.5, 0.6) is 0 Å². The van der Waals surface area contributed by atoms with Crippen LogP contribution in [0.15, 0.2) is 30.2 Å². The van der Waals surface area contributed by atoms with E-state index in [-0.39, 0.29) is 47.8 Å². The molecule has 37 heavy (non-hydrogen) atoms. The van der Waals surface area contributed by atoms with E-state index in [1.54, 1.807) is 19.9 Å². The fourth-order valence-electron chi connectivity index (χ4n) is 4.26. The summed E-state index contributed by atoms with van der Waals surface area (Å²) in [6.07, 6.45) is 0.691. The lowest BCUT2D eigenvalue weighted by Crippen LogP contribution is -2.37. The van der Waals surface area contributed by atoms with E-state index in [0.29, 0.717) is 0 Å². The number of pyridine rings is 1. The monoisotopic (exact) mass is 560 g/mol. The summed E-state index contributed by atoms with van der Waals surface area (Å²) in [4.78, 5) is 42.4. The SMILES string of the molecule is CC(C)=CCN(CC(=O)c1c(Cl)cncc1Cl)C(=O)c1cnn([C@H]2CC[C@H](C(=O)O)CC2)c1C(F)(F)F. The molecule has 0 atom stereocenters. The highest BCUT2D eigenvalue weighted by Crippen LogP contribution is 2.39. The minimum absolute atomic E-state index is 0.0483. The number of carboxylic acids is 1. The molecule has 13 heteroatoms. The molecule has 0 aliphatic heterocycles. The van der Waals surface area contributed by atoms with Crippen LogP contribution in [-0.2, 0) is 11.0 Å². The molecule has 2 aromatic rings. The molecule has 8 nitrogen and oxygen atoms in total. The van der Waals surface area contributed by atoms with Crippen molar-refractivity contribution in [1.29, 1.82) is 0 Å². The van der Waals surface area contributed by atoms with E-state index < -0.39 is 53.6 Å². The Labute approximate surface area is 221 Å². The van der Waals surface area contributed by atoms with E-state index in [9.17, 15) is 32.7 Å². The zero-order chi connectivity index (χ0) is 27.5. The summed E-state index contributed by atoms with van der Waals surface area (Å²) in [6.45, 7) is 2.76. The summed E-state index contributed by atoms with van der Waals surface area (Å²) in [6, 6.07) is -0.712. The second-order valence-electron chi connectivity index (χ2n) is 9.06. The minimum Gasteiger partial charge on any atom is -0.481 e. The number of aliphatic carboxylic acids is 1. The predicted molar refractivity (Wildman–Crippen MR) is 130 cm³/mol. The Balaban J connectivity index is 1.96. The number of alkyl halides is 3. The van der Waals surface area contributed by atoms with Crippen LogP contribution in [-0.4, -0.2) is 55.5 Å². The van der Waals surface area contributed by atoms with Crippen molar-refractivity contribution in [2.45, 2.75) is 51.7 Å². The van der Waals surface area contributed by atoms with Crippen molar-refractivity contribution in [2.24, 2.45) is 5.92 Å². The number of allylic oxidation sites excluding steroid dienone is 1. The first kappa shape index (κ1) is 28.6. The molecule has 1 saturated carbocycles. The van der Waals surface area contributed by atoms with Gasteiger partial charge in [-0.15, -0.1) is 0 Å². The lowest BCUT2D eigenvalue weighted by Gasteiger charge is -2.28. The Bertz CT molecular complexity index is 1200. The Hall–Kier alpha value is -2.92. The van der Waals surface area contributed by atoms with Gasteiger partial charge in [0.05, 0.1) is 45.9 Å². The number of nitrogens with zero attached hydrogens (tertiary/aromatic N) is 4. The first-order chi connectivity index (χ1) is 17.3. The average molecular weight is 561 g/mol. The minimum atomic E-state index is -4.92. The van der Waals surface area contributed by atoms with Gasteiger partial charge in [-0.1, -0.05) is 34.9 Å². The summed E-state index contributed by atoms with van der Waals surface area (Å²) in [5.74, 6) is -3.31. The van der Waals surface area contributed by atoms with E-state index in [2.05, 4.69) is 10.1 Å². The van der Waals surface area contributed by atoms with Gasteiger partial charge >= 0.3 is 12.1 Å². The number of halogens is 5. The molecule has 1 aliphatic carbocycles. The van der Waals surface area contributed by atoms with Crippen LogP contribution in [0.2, 0.25) is 10.0 Å². The second kappa shape index (κ2) is 11.6. The van der Waals surface area contributed by atoms with Gasteiger partial charge in [0, 0.05) is 18.9 Å². The van der Waals surface area contributed by atoms with Crippen LogP contribution in [0.1, 0.15) is 72.0 Å². The number of rotatable bonds is 8. The van der Waals surface area contributed by atoms with E-state index in [4.69, 9.17) is 23.2 Å². The molecule has 3 rings (SSSR count). The zero-order valence-corrected chi connectivity index (χ0v) is 21.6. The summed E-state index contributed by atoms with van der Waals surface area (Å²) >= 11 is 12.1. The van der Waals surface area contributed by atoms with E-state index in [1.807, 2.05) is 0 Å². The van der Waals surface area contributed by atoms with Crippen molar-refractivity contribution in [2.75, 3.05) is 13.1 Å². The van der Waals surface area contributed by atoms with E-state index >= 15 is 0 Å². The topological polar surface area (TPSA) is 105 Å². The molecule has 2 aromatic heterocycles. The molecular weight excluding hydrogens is 536 g/mol. The number of carbonyl (C=O) groups is 3. The fourth-order valence-corrected chi connectivity index (χ4v) is 4.83. The number of carboxylic acid groups (broad SMARTS) is 1. The Morgan fingerprint density at radius 1 is 1.11 bits per heavy atom. The number of ketones is 1. The summed E-state index contributed by atoms with van der Waals surface area (Å²) < 4.78 is 43.4. The summed E-state index contributed by atoms with van der Waals surface area (Å²) in [7, 11) is 0. The number of amides is 1. The lowest BCUT2D eigenvalue weighted by atomic mass is 9.86. The van der Waals surface area contributed by atoms with Crippen LogP contribution in [0, 0.1) is 5.92 Å². The molecule has 1 amide bonds. The molecule has 2 heterocycles. The van der Waals surface area contributed by atoms with Gasteiger partial charge in [0.1, 0.15) is 0 Å². The third-order valence-corrected chi connectivity index (χ3v) is 6.73. The largest absolute Gasteiger partial charge is 0.481 e. The number of hydrogen-bond donors (Lipinski definition) is 1. The van der Waals surface area contributed by atoms with Gasteiger partial charge in [-0.05, 0) is 39.5 Å². The maximum atomic E-state index is 14.2.